The van der Waals surface area contributed by atoms with Gasteiger partial charge in [0, 0.05) is 6.61 Å². The van der Waals surface area contributed by atoms with E-state index in [1.54, 1.807) is 0 Å². The lowest BCUT2D eigenvalue weighted by Crippen LogP contribution is -2.42. The molecular formula is C25H48O5. The Morgan fingerprint density at radius 1 is 0.833 bits per heavy atom. The van der Waals surface area contributed by atoms with E-state index in [9.17, 15) is 15.3 Å². The molecular weight excluding hydrogens is 380 g/mol. The zero-order valence-electron chi connectivity index (χ0n) is 19.4. The molecule has 0 bridgehead atoms. The topological polar surface area (TPSA) is 79.2 Å². The average molecular weight is 429 g/mol. The molecule has 0 aromatic heterocycles. The minimum absolute atomic E-state index is 0.0956. The fourth-order valence-corrected chi connectivity index (χ4v) is 3.97. The third kappa shape index (κ3) is 13.1. The number of hydrogen-bond donors (Lipinski definition) is 3. The van der Waals surface area contributed by atoms with Crippen LogP contribution in [0.4, 0.5) is 0 Å². The third-order valence-electron chi connectivity index (χ3n) is 5.97. The largest absolute Gasteiger partial charge is 0.394 e. The molecule has 5 nitrogen and oxygen atoms in total. The molecule has 0 unspecified atom stereocenters. The van der Waals surface area contributed by atoms with E-state index in [0.717, 1.165) is 19.3 Å². The molecule has 1 aliphatic heterocycles. The first-order valence-electron chi connectivity index (χ1n) is 12.6. The number of unbranched alkanes of at least 4 members (excludes halogenated alkanes) is 13. The molecule has 1 rings (SSSR count). The van der Waals surface area contributed by atoms with Crippen molar-refractivity contribution in [1.29, 1.82) is 0 Å². The number of rotatable bonds is 20. The van der Waals surface area contributed by atoms with Gasteiger partial charge in [-0.05, 0) is 32.1 Å². The Morgan fingerprint density at radius 2 is 1.37 bits per heavy atom. The van der Waals surface area contributed by atoms with Gasteiger partial charge in [0.15, 0.2) is 0 Å². The summed E-state index contributed by atoms with van der Waals surface area (Å²) < 4.78 is 11.0. The van der Waals surface area contributed by atoms with Gasteiger partial charge in [-0.3, -0.25) is 0 Å². The van der Waals surface area contributed by atoms with Gasteiger partial charge in [-0.15, -0.1) is 0 Å². The van der Waals surface area contributed by atoms with Crippen LogP contribution in [0.3, 0.4) is 0 Å². The summed E-state index contributed by atoms with van der Waals surface area (Å²) in [5.41, 5.74) is 0. The van der Waals surface area contributed by atoms with E-state index in [4.69, 9.17) is 9.47 Å². The highest BCUT2D eigenvalue weighted by atomic mass is 16.6. The second kappa shape index (κ2) is 19.2. The Kier molecular flexibility index (Phi) is 17.7. The molecule has 0 saturated carbocycles. The third-order valence-corrected chi connectivity index (χ3v) is 5.97. The van der Waals surface area contributed by atoms with Gasteiger partial charge in [0.1, 0.15) is 24.4 Å². The van der Waals surface area contributed by atoms with Crippen molar-refractivity contribution in [2.24, 2.45) is 0 Å². The van der Waals surface area contributed by atoms with E-state index < -0.39 is 24.4 Å². The minimum atomic E-state index is -0.982. The smallest absolute Gasteiger partial charge is 0.114 e. The monoisotopic (exact) mass is 428 g/mol. The molecule has 0 amide bonds. The maximum absolute atomic E-state index is 9.84. The Balaban J connectivity index is 1.84. The van der Waals surface area contributed by atoms with Crippen LogP contribution >= 0.6 is 0 Å². The molecule has 0 aromatic rings. The molecule has 1 heterocycles. The average Bonchev–Trinajstić information content (AvgIpc) is 3.08. The summed E-state index contributed by atoms with van der Waals surface area (Å²) >= 11 is 0. The summed E-state index contributed by atoms with van der Waals surface area (Å²) in [5.74, 6) is 0. The van der Waals surface area contributed by atoms with Crippen LogP contribution in [-0.2, 0) is 9.47 Å². The van der Waals surface area contributed by atoms with Crippen molar-refractivity contribution in [2.45, 2.75) is 128 Å². The van der Waals surface area contributed by atoms with Crippen molar-refractivity contribution >= 4 is 0 Å². The lowest BCUT2D eigenvalue weighted by Gasteiger charge is -2.24. The van der Waals surface area contributed by atoms with Crippen molar-refractivity contribution in [3.8, 4) is 0 Å². The van der Waals surface area contributed by atoms with E-state index in [1.807, 2.05) is 0 Å². The lowest BCUT2D eigenvalue weighted by atomic mass is 10.1. The zero-order valence-corrected chi connectivity index (χ0v) is 19.4. The molecule has 0 aliphatic carbocycles. The first kappa shape index (κ1) is 27.6. The predicted molar refractivity (Wildman–Crippen MR) is 123 cm³/mol. The number of ether oxygens (including phenoxy) is 2. The van der Waals surface area contributed by atoms with Crippen LogP contribution in [0.2, 0.25) is 0 Å². The van der Waals surface area contributed by atoms with Crippen molar-refractivity contribution in [3.05, 3.63) is 12.2 Å². The van der Waals surface area contributed by atoms with Crippen LogP contribution in [0.5, 0.6) is 0 Å². The fourth-order valence-electron chi connectivity index (χ4n) is 3.97. The number of aliphatic hydroxyl groups excluding tert-OH is 3. The predicted octanol–water partition coefficient (Wildman–Crippen LogP) is 4.91. The Hall–Kier alpha value is -0.460. The van der Waals surface area contributed by atoms with Crippen LogP contribution in [0, 0.1) is 0 Å². The SMILES string of the molecule is CCCCCCCCCCC/C=C/CCCCCCO[C@H](CO)[C@@H]1OC[C@H](O)[C@@H]1O. The van der Waals surface area contributed by atoms with E-state index >= 15 is 0 Å². The normalized spacial score (nSPS) is 22.9. The van der Waals surface area contributed by atoms with Crippen LogP contribution < -0.4 is 0 Å². The molecule has 3 N–H and O–H groups in total. The van der Waals surface area contributed by atoms with Gasteiger partial charge in [0.25, 0.3) is 0 Å². The van der Waals surface area contributed by atoms with Gasteiger partial charge >= 0.3 is 0 Å². The summed E-state index contributed by atoms with van der Waals surface area (Å²) in [4.78, 5) is 0. The van der Waals surface area contributed by atoms with Crippen LogP contribution in [-0.4, -0.2) is 59.6 Å². The highest BCUT2D eigenvalue weighted by Gasteiger charge is 2.40. The van der Waals surface area contributed by atoms with Gasteiger partial charge in [-0.2, -0.15) is 0 Å². The van der Waals surface area contributed by atoms with Crippen LogP contribution in [0.25, 0.3) is 0 Å². The molecule has 178 valence electrons. The number of aliphatic hydroxyl groups is 3. The Bertz CT molecular complexity index is 401. The van der Waals surface area contributed by atoms with Gasteiger partial charge in [0.2, 0.25) is 0 Å². The molecule has 0 radical (unpaired) electrons. The van der Waals surface area contributed by atoms with Crippen LogP contribution in [0.15, 0.2) is 12.2 Å². The Labute approximate surface area is 184 Å². The molecule has 4 atom stereocenters. The fraction of sp³-hybridized carbons (Fsp3) is 0.920. The highest BCUT2D eigenvalue weighted by molar-refractivity contribution is 4.88. The zero-order chi connectivity index (χ0) is 21.9. The second-order valence-corrected chi connectivity index (χ2v) is 8.74. The lowest BCUT2D eigenvalue weighted by molar-refractivity contribution is -0.101. The van der Waals surface area contributed by atoms with Crippen molar-refractivity contribution < 1.29 is 24.8 Å². The summed E-state index contributed by atoms with van der Waals surface area (Å²) in [6.45, 7) is 2.70. The van der Waals surface area contributed by atoms with Gasteiger partial charge in [-0.25, -0.2) is 0 Å². The molecule has 5 heteroatoms. The molecule has 1 saturated heterocycles. The van der Waals surface area contributed by atoms with Gasteiger partial charge in [0.05, 0.1) is 13.2 Å². The first-order chi connectivity index (χ1) is 14.7. The molecule has 1 aliphatic rings. The summed E-state index contributed by atoms with van der Waals surface area (Å²) in [6, 6.07) is 0. The molecule has 0 aromatic carbocycles. The van der Waals surface area contributed by atoms with E-state index in [2.05, 4.69) is 19.1 Å². The van der Waals surface area contributed by atoms with Gasteiger partial charge < -0.3 is 24.8 Å². The minimum Gasteiger partial charge on any atom is -0.394 e. The highest BCUT2D eigenvalue weighted by Crippen LogP contribution is 2.20. The molecule has 0 spiro atoms. The maximum Gasteiger partial charge on any atom is 0.114 e. The van der Waals surface area contributed by atoms with Crippen molar-refractivity contribution in [1.82, 2.24) is 0 Å². The number of allylic oxidation sites excluding steroid dienone is 2. The van der Waals surface area contributed by atoms with E-state index in [1.165, 1.54) is 77.0 Å². The Morgan fingerprint density at radius 3 is 1.87 bits per heavy atom. The first-order valence-corrected chi connectivity index (χ1v) is 12.6. The standard InChI is InChI=1S/C25H48O5/c1-2-3-4-5-6-7-8-9-10-11-12-13-14-15-16-17-18-19-29-23(20-26)25-24(28)22(27)21-30-25/h12-13,22-28H,2-11,14-21H2,1H3/b13-12+/t22-,23+,24-,25-/m0/s1. The van der Waals surface area contributed by atoms with Gasteiger partial charge in [-0.1, -0.05) is 83.3 Å². The quantitative estimate of drug-likeness (QED) is 0.190. The molecule has 1 fully saturated rings. The molecule has 30 heavy (non-hydrogen) atoms. The summed E-state index contributed by atoms with van der Waals surface area (Å²) in [7, 11) is 0. The van der Waals surface area contributed by atoms with E-state index in [0.29, 0.717) is 6.61 Å². The summed E-state index contributed by atoms with van der Waals surface area (Å²) in [6.07, 6.45) is 20.9. The van der Waals surface area contributed by atoms with Crippen molar-refractivity contribution in [3.63, 3.8) is 0 Å². The summed E-state index contributed by atoms with van der Waals surface area (Å²) in [5, 5.41) is 28.8. The van der Waals surface area contributed by atoms with Crippen LogP contribution in [0.1, 0.15) is 103 Å². The second-order valence-electron chi connectivity index (χ2n) is 8.74. The van der Waals surface area contributed by atoms with Crippen molar-refractivity contribution in [2.75, 3.05) is 19.8 Å². The van der Waals surface area contributed by atoms with E-state index in [-0.39, 0.29) is 13.2 Å². The maximum atomic E-state index is 9.84. The number of hydrogen-bond acceptors (Lipinski definition) is 5.